The predicted octanol–water partition coefficient (Wildman–Crippen LogP) is 4.10. The number of furan rings is 1. The van der Waals surface area contributed by atoms with Crippen molar-refractivity contribution in [1.29, 1.82) is 0 Å². The Labute approximate surface area is 170 Å². The first-order chi connectivity index (χ1) is 14.5. The fraction of sp³-hybridized carbons (Fsp3) is 0.143. The monoisotopic (exact) mass is 416 g/mol. The van der Waals surface area contributed by atoms with Crippen LogP contribution in [0, 0.1) is 0 Å². The predicted molar refractivity (Wildman–Crippen MR) is 104 cm³/mol. The lowest BCUT2D eigenvalue weighted by Gasteiger charge is -2.12. The number of anilines is 2. The van der Waals surface area contributed by atoms with Crippen molar-refractivity contribution in [2.45, 2.75) is 13.2 Å². The van der Waals surface area contributed by atoms with Gasteiger partial charge >= 0.3 is 12.6 Å². The van der Waals surface area contributed by atoms with Gasteiger partial charge in [-0.1, -0.05) is 12.1 Å². The molecule has 0 radical (unpaired) electrons. The highest BCUT2D eigenvalue weighted by atomic mass is 19.3. The van der Waals surface area contributed by atoms with Gasteiger partial charge in [-0.3, -0.25) is 4.79 Å². The summed E-state index contributed by atoms with van der Waals surface area (Å²) in [4.78, 5) is 24.3. The Morgan fingerprint density at radius 2 is 1.77 bits per heavy atom. The molecule has 1 amide bonds. The van der Waals surface area contributed by atoms with Gasteiger partial charge in [0.2, 0.25) is 0 Å². The third-order valence-corrected chi connectivity index (χ3v) is 3.88. The van der Waals surface area contributed by atoms with Crippen molar-refractivity contribution in [1.82, 2.24) is 5.32 Å². The van der Waals surface area contributed by atoms with Gasteiger partial charge in [0.1, 0.15) is 11.5 Å². The molecule has 2 N–H and O–H groups in total. The van der Waals surface area contributed by atoms with Gasteiger partial charge in [0.15, 0.2) is 6.61 Å². The summed E-state index contributed by atoms with van der Waals surface area (Å²) in [5.41, 5.74) is 1.19. The molecule has 9 heteroatoms. The Morgan fingerprint density at radius 3 is 2.47 bits per heavy atom. The van der Waals surface area contributed by atoms with Crippen LogP contribution in [-0.2, 0) is 16.1 Å². The maximum Gasteiger partial charge on any atom is 0.387 e. The van der Waals surface area contributed by atoms with Crippen LogP contribution in [-0.4, -0.2) is 25.1 Å². The lowest BCUT2D eigenvalue weighted by molar-refractivity contribution is -0.124. The van der Waals surface area contributed by atoms with E-state index in [0.29, 0.717) is 17.1 Å². The molecule has 7 nitrogen and oxygen atoms in total. The van der Waals surface area contributed by atoms with E-state index < -0.39 is 25.1 Å². The van der Waals surface area contributed by atoms with Crippen LogP contribution >= 0.6 is 0 Å². The molecule has 3 rings (SSSR count). The van der Waals surface area contributed by atoms with E-state index in [9.17, 15) is 18.4 Å². The molecule has 1 heterocycles. The van der Waals surface area contributed by atoms with Crippen LogP contribution in [0.4, 0.5) is 20.2 Å². The van der Waals surface area contributed by atoms with Crippen molar-refractivity contribution < 1.29 is 32.3 Å². The van der Waals surface area contributed by atoms with Crippen molar-refractivity contribution in [2.24, 2.45) is 0 Å². The van der Waals surface area contributed by atoms with Crippen molar-refractivity contribution in [3.63, 3.8) is 0 Å². The van der Waals surface area contributed by atoms with E-state index in [-0.39, 0.29) is 17.9 Å². The van der Waals surface area contributed by atoms with Crippen molar-refractivity contribution in [3.8, 4) is 5.75 Å². The molecule has 1 aromatic heterocycles. The van der Waals surface area contributed by atoms with Gasteiger partial charge in [0.25, 0.3) is 5.91 Å². The third kappa shape index (κ3) is 6.06. The quantitative estimate of drug-likeness (QED) is 0.511. The summed E-state index contributed by atoms with van der Waals surface area (Å²) in [6, 6.07) is 15.8. The molecule has 156 valence electrons. The zero-order valence-corrected chi connectivity index (χ0v) is 15.6. The van der Waals surface area contributed by atoms with E-state index in [2.05, 4.69) is 15.4 Å². The van der Waals surface area contributed by atoms with Crippen molar-refractivity contribution in [2.75, 3.05) is 11.9 Å². The first-order valence-electron chi connectivity index (χ1n) is 8.88. The van der Waals surface area contributed by atoms with Crippen molar-refractivity contribution >= 4 is 23.3 Å². The fourth-order valence-electron chi connectivity index (χ4n) is 2.50. The zero-order chi connectivity index (χ0) is 21.3. The smallest absolute Gasteiger partial charge is 0.387 e. The largest absolute Gasteiger partial charge is 0.467 e. The molecule has 0 unspecified atom stereocenters. The van der Waals surface area contributed by atoms with E-state index in [0.717, 1.165) is 0 Å². The minimum absolute atomic E-state index is 0.0174. The average Bonchev–Trinajstić information content (AvgIpc) is 3.26. The summed E-state index contributed by atoms with van der Waals surface area (Å²) in [6.07, 6.45) is 1.49. The van der Waals surface area contributed by atoms with E-state index in [1.807, 2.05) is 0 Å². The molecule has 2 aromatic carbocycles. The van der Waals surface area contributed by atoms with Crippen LogP contribution in [0.2, 0.25) is 0 Å². The van der Waals surface area contributed by atoms with Crippen LogP contribution in [0.25, 0.3) is 0 Å². The molecule has 0 fully saturated rings. The second-order valence-corrected chi connectivity index (χ2v) is 6.01. The summed E-state index contributed by atoms with van der Waals surface area (Å²) in [7, 11) is 0. The number of carbonyl (C=O) groups is 2. The van der Waals surface area contributed by atoms with Gasteiger partial charge in [-0.25, -0.2) is 4.79 Å². The molecule has 0 aliphatic rings. The molecule has 30 heavy (non-hydrogen) atoms. The second kappa shape index (κ2) is 10.1. The van der Waals surface area contributed by atoms with Crippen LogP contribution in [0.1, 0.15) is 16.1 Å². The maximum atomic E-state index is 12.4. The zero-order valence-electron chi connectivity index (χ0n) is 15.6. The minimum Gasteiger partial charge on any atom is -0.467 e. The van der Waals surface area contributed by atoms with Crippen LogP contribution in [0.3, 0.4) is 0 Å². The number of halogens is 2. The Balaban J connectivity index is 1.57. The lowest BCUT2D eigenvalue weighted by Crippen LogP contribution is -2.28. The lowest BCUT2D eigenvalue weighted by atomic mass is 10.1. The molecule has 0 bridgehead atoms. The summed E-state index contributed by atoms with van der Waals surface area (Å²) in [5, 5.41) is 5.58. The molecule has 0 aliphatic heterocycles. The first-order valence-corrected chi connectivity index (χ1v) is 8.88. The van der Waals surface area contributed by atoms with Gasteiger partial charge in [-0.15, -0.1) is 0 Å². The normalized spacial score (nSPS) is 10.5. The Bertz CT molecular complexity index is 975. The highest BCUT2D eigenvalue weighted by molar-refractivity contribution is 5.97. The number of carbonyl (C=O) groups excluding carboxylic acids is 2. The third-order valence-electron chi connectivity index (χ3n) is 3.88. The number of alkyl halides is 2. The molecule has 0 saturated carbocycles. The van der Waals surface area contributed by atoms with Gasteiger partial charge in [-0.2, -0.15) is 8.78 Å². The number of benzene rings is 2. The number of rotatable bonds is 9. The Morgan fingerprint density at radius 1 is 1.00 bits per heavy atom. The van der Waals surface area contributed by atoms with Gasteiger partial charge in [0, 0.05) is 5.69 Å². The average molecular weight is 416 g/mol. The van der Waals surface area contributed by atoms with E-state index in [1.54, 1.807) is 36.4 Å². The molecule has 0 spiro atoms. The number of esters is 1. The molecule has 0 atom stereocenters. The Kier molecular flexibility index (Phi) is 6.99. The van der Waals surface area contributed by atoms with Crippen LogP contribution < -0.4 is 15.4 Å². The van der Waals surface area contributed by atoms with Crippen LogP contribution in [0.15, 0.2) is 71.3 Å². The SMILES string of the molecule is O=C(COC(=O)c1ccccc1Nc1ccc(OC(F)F)cc1)NCc1ccco1. The molecule has 3 aromatic rings. The van der Waals surface area contributed by atoms with Crippen LogP contribution in [0.5, 0.6) is 5.75 Å². The molecular formula is C21H18F2N2O5. The number of hydrogen-bond acceptors (Lipinski definition) is 6. The number of para-hydroxylation sites is 1. The highest BCUT2D eigenvalue weighted by Crippen LogP contribution is 2.24. The number of nitrogens with one attached hydrogen (secondary N) is 2. The first kappa shape index (κ1) is 20.8. The number of amides is 1. The minimum atomic E-state index is -2.91. The molecule has 0 aliphatic carbocycles. The second-order valence-electron chi connectivity index (χ2n) is 6.01. The molecule has 0 saturated heterocycles. The Hall–Kier alpha value is -3.88. The van der Waals surface area contributed by atoms with E-state index >= 15 is 0 Å². The summed E-state index contributed by atoms with van der Waals surface area (Å²) in [6.45, 7) is -3.17. The topological polar surface area (TPSA) is 89.8 Å². The standard InChI is InChI=1S/C21H18F2N2O5/c22-21(23)30-15-9-7-14(8-10-15)25-18-6-2-1-5-17(18)20(27)29-13-19(26)24-12-16-4-3-11-28-16/h1-11,21,25H,12-13H2,(H,24,26). The number of hydrogen-bond donors (Lipinski definition) is 2. The summed E-state index contributed by atoms with van der Waals surface area (Å²) < 4.78 is 39.0. The van der Waals surface area contributed by atoms with Gasteiger partial charge in [0.05, 0.1) is 24.1 Å². The fourth-order valence-corrected chi connectivity index (χ4v) is 2.50. The van der Waals surface area contributed by atoms with E-state index in [4.69, 9.17) is 9.15 Å². The summed E-state index contributed by atoms with van der Waals surface area (Å²) >= 11 is 0. The van der Waals surface area contributed by atoms with E-state index in [1.165, 1.54) is 30.5 Å². The van der Waals surface area contributed by atoms with Gasteiger partial charge in [-0.05, 0) is 48.5 Å². The highest BCUT2D eigenvalue weighted by Gasteiger charge is 2.15. The summed E-state index contributed by atoms with van der Waals surface area (Å²) in [5.74, 6) is -0.568. The number of ether oxygens (including phenoxy) is 2. The van der Waals surface area contributed by atoms with Gasteiger partial charge < -0.3 is 24.5 Å². The molecular weight excluding hydrogens is 398 g/mol. The maximum absolute atomic E-state index is 12.4. The van der Waals surface area contributed by atoms with Crippen molar-refractivity contribution in [3.05, 3.63) is 78.3 Å².